The molecule has 0 radical (unpaired) electrons. The summed E-state index contributed by atoms with van der Waals surface area (Å²) in [5.74, 6) is -0.916. The van der Waals surface area contributed by atoms with Gasteiger partial charge in [0.25, 0.3) is 5.91 Å². The van der Waals surface area contributed by atoms with Crippen LogP contribution in [0.1, 0.15) is 38.3 Å². The Balaban J connectivity index is 1.94. The number of carboxylic acids is 1. The van der Waals surface area contributed by atoms with E-state index in [4.69, 9.17) is 9.47 Å². The molecule has 0 aliphatic heterocycles. The Labute approximate surface area is 145 Å². The number of nitrogens with one attached hydrogen (secondary N) is 1. The van der Waals surface area contributed by atoms with Crippen LogP contribution in [-0.4, -0.2) is 31.2 Å². The van der Waals surface area contributed by atoms with Gasteiger partial charge in [-0.15, -0.1) is 0 Å². The highest BCUT2D eigenvalue weighted by molar-refractivity contribution is 6.06. The predicted octanol–water partition coefficient (Wildman–Crippen LogP) is 3.14. The van der Waals surface area contributed by atoms with Crippen LogP contribution in [0.3, 0.4) is 0 Å². The maximum Gasteiger partial charge on any atom is 0.335 e. The molecule has 0 spiro atoms. The van der Waals surface area contributed by atoms with Gasteiger partial charge in [0.05, 0.1) is 25.5 Å². The predicted molar refractivity (Wildman–Crippen MR) is 92.9 cm³/mol. The average Bonchev–Trinajstić information content (AvgIpc) is 3.08. The van der Waals surface area contributed by atoms with E-state index in [1.807, 2.05) is 12.1 Å². The zero-order valence-corrected chi connectivity index (χ0v) is 14.1. The number of hydrogen-bond acceptors (Lipinski definition) is 4. The first-order chi connectivity index (χ1) is 12.0. The van der Waals surface area contributed by atoms with Gasteiger partial charge in [-0.1, -0.05) is 6.07 Å². The summed E-state index contributed by atoms with van der Waals surface area (Å²) < 4.78 is 10.5. The summed E-state index contributed by atoms with van der Waals surface area (Å²) in [6, 6.07) is 8.36. The second kappa shape index (κ2) is 6.84. The van der Waals surface area contributed by atoms with E-state index in [1.54, 1.807) is 6.07 Å². The number of carboxylic acid groups (broad SMARTS) is 1. The second-order valence-electron chi connectivity index (χ2n) is 5.86. The highest BCUT2D eigenvalue weighted by Gasteiger charge is 2.19. The molecular formula is C19H19NO5. The number of carbonyl (C=O) groups is 2. The molecule has 2 aromatic carbocycles. The van der Waals surface area contributed by atoms with Gasteiger partial charge in [0.1, 0.15) is 0 Å². The van der Waals surface area contributed by atoms with Gasteiger partial charge < -0.3 is 19.9 Å². The SMILES string of the molecule is COc1cc(C(=O)O)cc(NC(=O)c2ccc3c(c2)CCC3)c1OC. The van der Waals surface area contributed by atoms with Crippen LogP contribution in [0.5, 0.6) is 11.5 Å². The largest absolute Gasteiger partial charge is 0.493 e. The minimum atomic E-state index is -1.12. The number of aromatic carboxylic acids is 1. The van der Waals surface area contributed by atoms with Gasteiger partial charge in [-0.2, -0.15) is 0 Å². The van der Waals surface area contributed by atoms with Crippen LogP contribution in [0, 0.1) is 0 Å². The fraction of sp³-hybridized carbons (Fsp3) is 0.263. The Kier molecular flexibility index (Phi) is 4.61. The summed E-state index contributed by atoms with van der Waals surface area (Å²) in [7, 11) is 2.85. The Bertz CT molecular complexity index is 844. The molecule has 2 N–H and O–H groups in total. The molecule has 0 aromatic heterocycles. The number of hydrogen-bond donors (Lipinski definition) is 2. The van der Waals surface area contributed by atoms with Crippen LogP contribution < -0.4 is 14.8 Å². The summed E-state index contributed by atoms with van der Waals surface area (Å²) in [5.41, 5.74) is 3.26. The Hall–Kier alpha value is -3.02. The van der Waals surface area contributed by atoms with Crippen LogP contribution in [0.25, 0.3) is 0 Å². The topological polar surface area (TPSA) is 84.9 Å². The van der Waals surface area contributed by atoms with E-state index in [-0.39, 0.29) is 28.7 Å². The molecule has 0 bridgehead atoms. The summed E-state index contributed by atoms with van der Waals surface area (Å²) in [4.78, 5) is 23.9. The summed E-state index contributed by atoms with van der Waals surface area (Å²) in [6.07, 6.45) is 3.12. The molecule has 0 fully saturated rings. The van der Waals surface area contributed by atoms with E-state index in [9.17, 15) is 14.7 Å². The van der Waals surface area contributed by atoms with Crippen LogP contribution in [0.2, 0.25) is 0 Å². The van der Waals surface area contributed by atoms with Gasteiger partial charge >= 0.3 is 5.97 Å². The van der Waals surface area contributed by atoms with Gasteiger partial charge in [-0.3, -0.25) is 4.79 Å². The number of ether oxygens (including phenoxy) is 2. The van der Waals surface area contributed by atoms with E-state index in [0.29, 0.717) is 5.56 Å². The number of fused-ring (bicyclic) bond motifs is 1. The molecule has 6 nitrogen and oxygen atoms in total. The minimum Gasteiger partial charge on any atom is -0.493 e. The van der Waals surface area contributed by atoms with Crippen LogP contribution in [0.15, 0.2) is 30.3 Å². The number of rotatable bonds is 5. The number of benzene rings is 2. The molecule has 1 aliphatic carbocycles. The molecule has 0 atom stereocenters. The van der Waals surface area contributed by atoms with Crippen molar-refractivity contribution in [3.8, 4) is 11.5 Å². The molecular weight excluding hydrogens is 322 g/mol. The number of aryl methyl sites for hydroxylation is 2. The van der Waals surface area contributed by atoms with E-state index in [1.165, 1.54) is 37.5 Å². The quantitative estimate of drug-likeness (QED) is 0.873. The lowest BCUT2D eigenvalue weighted by atomic mass is 10.1. The third-order valence-electron chi connectivity index (χ3n) is 4.33. The molecule has 0 heterocycles. The van der Waals surface area contributed by atoms with Crippen LogP contribution in [0.4, 0.5) is 5.69 Å². The molecule has 6 heteroatoms. The zero-order chi connectivity index (χ0) is 18.0. The Morgan fingerprint density at radius 1 is 1.00 bits per heavy atom. The summed E-state index contributed by atoms with van der Waals surface area (Å²) in [6.45, 7) is 0. The van der Waals surface area contributed by atoms with E-state index in [2.05, 4.69) is 5.32 Å². The van der Waals surface area contributed by atoms with Crippen LogP contribution >= 0.6 is 0 Å². The molecule has 0 unspecified atom stereocenters. The van der Waals surface area contributed by atoms with Crippen molar-refractivity contribution in [3.05, 3.63) is 52.6 Å². The molecule has 25 heavy (non-hydrogen) atoms. The lowest BCUT2D eigenvalue weighted by Crippen LogP contribution is -2.14. The third kappa shape index (κ3) is 3.28. The minimum absolute atomic E-state index is 0.00176. The van der Waals surface area contributed by atoms with Crippen molar-refractivity contribution in [1.82, 2.24) is 0 Å². The molecule has 1 aliphatic rings. The van der Waals surface area contributed by atoms with Gasteiger partial charge in [-0.25, -0.2) is 4.79 Å². The number of methoxy groups -OCH3 is 2. The van der Waals surface area contributed by atoms with Crippen molar-refractivity contribution in [2.75, 3.05) is 19.5 Å². The lowest BCUT2D eigenvalue weighted by Gasteiger charge is -2.15. The third-order valence-corrected chi connectivity index (χ3v) is 4.33. The van der Waals surface area contributed by atoms with Gasteiger partial charge in [0.15, 0.2) is 11.5 Å². The molecule has 0 saturated heterocycles. The standard InChI is InChI=1S/C19H19NO5/c1-24-16-10-14(19(22)23)9-15(17(16)25-2)20-18(21)13-7-6-11-4-3-5-12(11)8-13/h6-10H,3-5H2,1-2H3,(H,20,21)(H,22,23). The van der Waals surface area contributed by atoms with Crippen molar-refractivity contribution in [1.29, 1.82) is 0 Å². The van der Waals surface area contributed by atoms with Crippen molar-refractivity contribution in [2.45, 2.75) is 19.3 Å². The monoisotopic (exact) mass is 341 g/mol. The van der Waals surface area contributed by atoms with Crippen molar-refractivity contribution >= 4 is 17.6 Å². The van der Waals surface area contributed by atoms with E-state index >= 15 is 0 Å². The molecule has 130 valence electrons. The normalized spacial score (nSPS) is 12.4. The molecule has 3 rings (SSSR count). The van der Waals surface area contributed by atoms with Crippen molar-refractivity contribution in [3.63, 3.8) is 0 Å². The fourth-order valence-corrected chi connectivity index (χ4v) is 3.09. The number of anilines is 1. The highest BCUT2D eigenvalue weighted by Crippen LogP contribution is 2.37. The smallest absolute Gasteiger partial charge is 0.335 e. The van der Waals surface area contributed by atoms with Crippen LogP contribution in [-0.2, 0) is 12.8 Å². The van der Waals surface area contributed by atoms with E-state index < -0.39 is 5.97 Å². The van der Waals surface area contributed by atoms with Gasteiger partial charge in [-0.05, 0) is 54.7 Å². The van der Waals surface area contributed by atoms with Gasteiger partial charge in [0, 0.05) is 5.56 Å². The van der Waals surface area contributed by atoms with Gasteiger partial charge in [0.2, 0.25) is 0 Å². The molecule has 1 amide bonds. The highest BCUT2D eigenvalue weighted by atomic mass is 16.5. The first-order valence-corrected chi connectivity index (χ1v) is 7.96. The fourth-order valence-electron chi connectivity index (χ4n) is 3.09. The van der Waals surface area contributed by atoms with Crippen molar-refractivity contribution < 1.29 is 24.2 Å². The zero-order valence-electron chi connectivity index (χ0n) is 14.1. The average molecular weight is 341 g/mol. The summed E-state index contributed by atoms with van der Waals surface area (Å²) in [5, 5.41) is 12.0. The Morgan fingerprint density at radius 2 is 1.76 bits per heavy atom. The second-order valence-corrected chi connectivity index (χ2v) is 5.86. The first-order valence-electron chi connectivity index (χ1n) is 7.96. The maximum atomic E-state index is 12.6. The Morgan fingerprint density at radius 3 is 2.44 bits per heavy atom. The molecule has 2 aromatic rings. The van der Waals surface area contributed by atoms with E-state index in [0.717, 1.165) is 19.3 Å². The molecule has 0 saturated carbocycles. The van der Waals surface area contributed by atoms with Crippen molar-refractivity contribution in [2.24, 2.45) is 0 Å². The lowest BCUT2D eigenvalue weighted by molar-refractivity contribution is 0.0696. The number of carbonyl (C=O) groups excluding carboxylic acids is 1. The maximum absolute atomic E-state index is 12.6. The first kappa shape index (κ1) is 16.8. The summed E-state index contributed by atoms with van der Waals surface area (Å²) >= 11 is 0. The number of amides is 1.